The molecule has 0 radical (unpaired) electrons. The topological polar surface area (TPSA) is 50.4 Å². The van der Waals surface area contributed by atoms with Gasteiger partial charge < -0.3 is 11.1 Å². The lowest BCUT2D eigenvalue weighted by Gasteiger charge is -2.19. The van der Waals surface area contributed by atoms with Crippen molar-refractivity contribution in [2.45, 2.75) is 18.6 Å². The second-order valence-corrected chi connectivity index (χ2v) is 5.78. The second-order valence-electron chi connectivity index (χ2n) is 3.22. The van der Waals surface area contributed by atoms with Crippen LogP contribution in [0.3, 0.4) is 0 Å². The van der Waals surface area contributed by atoms with Crippen LogP contribution in [0.15, 0.2) is 4.99 Å². The monoisotopic (exact) mass is 233 g/mol. The summed E-state index contributed by atoms with van der Waals surface area (Å²) in [6.07, 6.45) is 1.09. The minimum absolute atomic E-state index is 0.600. The zero-order chi connectivity index (χ0) is 10.2. The van der Waals surface area contributed by atoms with Crippen LogP contribution in [0.5, 0.6) is 0 Å². The van der Waals surface area contributed by atoms with Crippen LogP contribution >= 0.6 is 23.5 Å². The molecule has 1 atom stereocenters. The molecule has 3 nitrogen and oxygen atoms in total. The highest BCUT2D eigenvalue weighted by Gasteiger charge is 2.13. The summed E-state index contributed by atoms with van der Waals surface area (Å²) in [6, 6.07) is 0. The molecular weight excluding hydrogens is 214 g/mol. The maximum absolute atomic E-state index is 5.70. The van der Waals surface area contributed by atoms with E-state index in [2.05, 4.69) is 17.2 Å². The van der Waals surface area contributed by atoms with Crippen molar-refractivity contribution in [2.24, 2.45) is 10.7 Å². The Hall–Kier alpha value is -0.0300. The maximum atomic E-state index is 5.70. The lowest BCUT2D eigenvalue weighted by Crippen LogP contribution is -2.33. The van der Waals surface area contributed by atoms with Crippen molar-refractivity contribution in [3.63, 3.8) is 0 Å². The number of thioether (sulfide) groups is 2. The molecule has 1 heterocycles. The summed E-state index contributed by atoms with van der Waals surface area (Å²) in [5.41, 5.74) is 5.70. The van der Waals surface area contributed by atoms with Crippen molar-refractivity contribution < 1.29 is 0 Å². The molecule has 0 aromatic heterocycles. The van der Waals surface area contributed by atoms with Crippen molar-refractivity contribution in [3.05, 3.63) is 0 Å². The normalized spacial score (nSPS) is 23.5. The maximum Gasteiger partial charge on any atom is 0.188 e. The van der Waals surface area contributed by atoms with Crippen LogP contribution in [0.4, 0.5) is 0 Å². The quantitative estimate of drug-likeness (QED) is 0.565. The zero-order valence-corrected chi connectivity index (χ0v) is 10.3. The van der Waals surface area contributed by atoms with E-state index in [4.69, 9.17) is 5.73 Å². The fourth-order valence-electron chi connectivity index (χ4n) is 1.15. The third kappa shape index (κ3) is 5.00. The van der Waals surface area contributed by atoms with Crippen LogP contribution in [-0.4, -0.2) is 41.6 Å². The Labute approximate surface area is 94.7 Å². The molecule has 1 fully saturated rings. The van der Waals surface area contributed by atoms with Gasteiger partial charge >= 0.3 is 0 Å². The van der Waals surface area contributed by atoms with Crippen LogP contribution in [0.25, 0.3) is 0 Å². The number of nitrogens with zero attached hydrogens (tertiary/aromatic N) is 1. The first kappa shape index (κ1) is 12.0. The number of aliphatic imine (C=N–C) groups is 1. The molecule has 0 aromatic carbocycles. The average Bonchev–Trinajstić information content (AvgIpc) is 2.25. The van der Waals surface area contributed by atoms with Crippen molar-refractivity contribution >= 4 is 29.5 Å². The molecule has 0 amide bonds. The van der Waals surface area contributed by atoms with Gasteiger partial charge in [0.05, 0.1) is 6.54 Å². The van der Waals surface area contributed by atoms with Gasteiger partial charge in [-0.1, -0.05) is 6.92 Å². The van der Waals surface area contributed by atoms with Crippen LogP contribution in [0, 0.1) is 0 Å². The van der Waals surface area contributed by atoms with Gasteiger partial charge in [-0.05, 0) is 6.42 Å². The highest BCUT2D eigenvalue weighted by molar-refractivity contribution is 8.06. The summed E-state index contributed by atoms with van der Waals surface area (Å²) in [5.74, 6) is 4.36. The Kier molecular flexibility index (Phi) is 6.27. The third-order valence-electron chi connectivity index (χ3n) is 1.91. The molecule has 0 saturated carbocycles. The van der Waals surface area contributed by atoms with Crippen molar-refractivity contribution in [2.75, 3.05) is 30.3 Å². The van der Waals surface area contributed by atoms with Gasteiger partial charge in [-0.3, -0.25) is 4.99 Å². The van der Waals surface area contributed by atoms with Crippen LogP contribution in [0.2, 0.25) is 0 Å². The number of rotatable bonds is 4. The first-order chi connectivity index (χ1) is 6.83. The summed E-state index contributed by atoms with van der Waals surface area (Å²) in [7, 11) is 0. The lowest BCUT2D eigenvalue weighted by atomic mass is 10.5. The van der Waals surface area contributed by atoms with E-state index in [1.54, 1.807) is 0 Å². The predicted octanol–water partition coefficient (Wildman–Crippen LogP) is 1.15. The van der Waals surface area contributed by atoms with E-state index in [-0.39, 0.29) is 0 Å². The molecular formula is C9H19N3S2. The number of guanidine groups is 1. The van der Waals surface area contributed by atoms with Crippen LogP contribution in [0.1, 0.15) is 13.3 Å². The minimum atomic E-state index is 0.600. The van der Waals surface area contributed by atoms with Gasteiger partial charge in [0.1, 0.15) is 0 Å². The number of hydrogen-bond donors (Lipinski definition) is 2. The van der Waals surface area contributed by atoms with E-state index in [1.807, 2.05) is 23.5 Å². The molecule has 3 N–H and O–H groups in total. The Morgan fingerprint density at radius 1 is 1.57 bits per heavy atom. The van der Waals surface area contributed by atoms with E-state index in [9.17, 15) is 0 Å². The molecule has 0 spiro atoms. The smallest absolute Gasteiger partial charge is 0.188 e. The van der Waals surface area contributed by atoms with E-state index in [1.165, 1.54) is 17.3 Å². The molecule has 1 rings (SSSR count). The molecule has 1 unspecified atom stereocenters. The lowest BCUT2D eigenvalue weighted by molar-refractivity contribution is 0.822. The van der Waals surface area contributed by atoms with E-state index >= 15 is 0 Å². The highest BCUT2D eigenvalue weighted by atomic mass is 32.2. The molecule has 1 aliphatic rings. The zero-order valence-electron chi connectivity index (χ0n) is 8.66. The van der Waals surface area contributed by atoms with Crippen molar-refractivity contribution in [3.8, 4) is 0 Å². The van der Waals surface area contributed by atoms with Gasteiger partial charge in [0.25, 0.3) is 0 Å². The fourth-order valence-corrected chi connectivity index (χ4v) is 3.73. The molecule has 82 valence electrons. The molecule has 0 aromatic rings. The fraction of sp³-hybridized carbons (Fsp3) is 0.889. The van der Waals surface area contributed by atoms with Gasteiger partial charge in [-0.25, -0.2) is 0 Å². The summed E-state index contributed by atoms with van der Waals surface area (Å²) < 4.78 is 0. The van der Waals surface area contributed by atoms with Crippen molar-refractivity contribution in [1.29, 1.82) is 0 Å². The molecule has 0 aliphatic carbocycles. The Morgan fingerprint density at radius 2 is 2.43 bits per heavy atom. The van der Waals surface area contributed by atoms with E-state index in [0.717, 1.165) is 19.5 Å². The van der Waals surface area contributed by atoms with Gasteiger partial charge in [-0.15, -0.1) is 0 Å². The highest BCUT2D eigenvalue weighted by Crippen LogP contribution is 2.23. The number of nitrogens with two attached hydrogens (primary N) is 1. The van der Waals surface area contributed by atoms with Crippen LogP contribution in [-0.2, 0) is 0 Å². The second kappa shape index (κ2) is 7.29. The third-order valence-corrected chi connectivity index (χ3v) is 4.73. The molecule has 14 heavy (non-hydrogen) atoms. The van der Waals surface area contributed by atoms with Gasteiger partial charge in [0.15, 0.2) is 5.96 Å². The Morgan fingerprint density at radius 3 is 3.07 bits per heavy atom. The van der Waals surface area contributed by atoms with Gasteiger partial charge in [-0.2, -0.15) is 23.5 Å². The van der Waals surface area contributed by atoms with Gasteiger partial charge in [0.2, 0.25) is 0 Å². The summed E-state index contributed by atoms with van der Waals surface area (Å²) in [4.78, 5) is 4.33. The largest absolute Gasteiger partial charge is 0.370 e. The molecule has 1 aliphatic heterocycles. The SMILES string of the molecule is CCCNC(N)=NCC1CSCCS1. The Bertz CT molecular complexity index is 179. The first-order valence-electron chi connectivity index (χ1n) is 5.06. The summed E-state index contributed by atoms with van der Waals surface area (Å²) in [5, 5.41) is 3.75. The average molecular weight is 233 g/mol. The summed E-state index contributed by atoms with van der Waals surface area (Å²) >= 11 is 4.04. The van der Waals surface area contributed by atoms with E-state index in [0.29, 0.717) is 11.2 Å². The molecule has 5 heteroatoms. The van der Waals surface area contributed by atoms with E-state index < -0.39 is 0 Å². The minimum Gasteiger partial charge on any atom is -0.370 e. The van der Waals surface area contributed by atoms with Crippen molar-refractivity contribution in [1.82, 2.24) is 5.32 Å². The number of hydrogen-bond acceptors (Lipinski definition) is 3. The number of nitrogens with one attached hydrogen (secondary N) is 1. The Balaban J connectivity index is 2.15. The van der Waals surface area contributed by atoms with Gasteiger partial charge in [0, 0.05) is 29.1 Å². The van der Waals surface area contributed by atoms with Crippen LogP contribution < -0.4 is 11.1 Å². The predicted molar refractivity (Wildman–Crippen MR) is 68.4 cm³/mol. The standard InChI is InChI=1S/C9H19N3S2/c1-2-3-11-9(10)12-6-8-7-13-4-5-14-8/h8H,2-7H2,1H3,(H3,10,11,12). The first-order valence-corrected chi connectivity index (χ1v) is 7.26. The molecule has 1 saturated heterocycles. The molecule has 0 bridgehead atoms. The summed E-state index contributed by atoms with van der Waals surface area (Å²) in [6.45, 7) is 3.90.